The van der Waals surface area contributed by atoms with Gasteiger partial charge >= 0.3 is 12.1 Å². The van der Waals surface area contributed by atoms with Crippen molar-refractivity contribution in [2.24, 2.45) is 5.73 Å². The number of nitrogens with two attached hydrogens (primary N) is 1. The fourth-order valence-electron chi connectivity index (χ4n) is 0.755. The van der Waals surface area contributed by atoms with Crippen LogP contribution in [0.5, 0.6) is 0 Å². The Labute approximate surface area is 78.6 Å². The van der Waals surface area contributed by atoms with Gasteiger partial charge in [-0.2, -0.15) is 22.0 Å². The molecular formula is C7H13F5N2. The summed E-state index contributed by atoms with van der Waals surface area (Å²) in [6.45, 7) is 0.336. The predicted octanol–water partition coefficient (Wildman–Crippen LogP) is 1.51. The van der Waals surface area contributed by atoms with Gasteiger partial charge < -0.3 is 11.1 Å². The summed E-state index contributed by atoms with van der Waals surface area (Å²) >= 11 is 0. The molecule has 0 aliphatic carbocycles. The minimum Gasteiger partial charge on any atom is -0.330 e. The topological polar surface area (TPSA) is 38.0 Å². The maximum atomic E-state index is 12.3. The molecule has 0 fully saturated rings. The van der Waals surface area contributed by atoms with Crippen LogP contribution in [0.2, 0.25) is 0 Å². The highest BCUT2D eigenvalue weighted by atomic mass is 19.4. The lowest BCUT2D eigenvalue weighted by atomic mass is 10.2. The van der Waals surface area contributed by atoms with Gasteiger partial charge in [-0.3, -0.25) is 0 Å². The molecule has 0 aromatic carbocycles. The normalized spacial score (nSPS) is 15.6. The molecule has 0 spiro atoms. The quantitative estimate of drug-likeness (QED) is 0.689. The zero-order valence-corrected chi connectivity index (χ0v) is 7.67. The maximum absolute atomic E-state index is 12.3. The van der Waals surface area contributed by atoms with Gasteiger partial charge in [-0.05, 0) is 19.9 Å². The van der Waals surface area contributed by atoms with E-state index in [9.17, 15) is 22.0 Å². The van der Waals surface area contributed by atoms with Crippen molar-refractivity contribution in [3.8, 4) is 0 Å². The van der Waals surface area contributed by atoms with Gasteiger partial charge in [0.15, 0.2) is 0 Å². The van der Waals surface area contributed by atoms with Crippen LogP contribution in [-0.4, -0.2) is 31.2 Å². The molecule has 0 bridgehead atoms. The Kier molecular flexibility index (Phi) is 4.73. The lowest BCUT2D eigenvalue weighted by molar-refractivity contribution is -0.279. The van der Waals surface area contributed by atoms with Crippen molar-refractivity contribution in [3.05, 3.63) is 0 Å². The van der Waals surface area contributed by atoms with E-state index in [-0.39, 0.29) is 6.54 Å². The molecule has 1 atom stereocenters. The van der Waals surface area contributed by atoms with E-state index in [2.05, 4.69) is 5.32 Å². The number of rotatable bonds is 5. The number of halogens is 5. The molecule has 3 N–H and O–H groups in total. The summed E-state index contributed by atoms with van der Waals surface area (Å²) in [4.78, 5) is 0. The summed E-state index contributed by atoms with van der Waals surface area (Å²) in [5.74, 6) is -4.68. The lowest BCUT2D eigenvalue weighted by Gasteiger charge is -2.22. The highest BCUT2D eigenvalue weighted by molar-refractivity contribution is 4.79. The third-order valence-corrected chi connectivity index (χ3v) is 1.69. The van der Waals surface area contributed by atoms with Crippen molar-refractivity contribution in [1.82, 2.24) is 5.32 Å². The van der Waals surface area contributed by atoms with E-state index in [0.29, 0.717) is 6.42 Å². The zero-order valence-electron chi connectivity index (χ0n) is 7.67. The van der Waals surface area contributed by atoms with Crippen molar-refractivity contribution in [2.75, 3.05) is 13.1 Å². The van der Waals surface area contributed by atoms with Gasteiger partial charge in [-0.15, -0.1) is 0 Å². The van der Waals surface area contributed by atoms with Gasteiger partial charge in [0.05, 0.1) is 6.54 Å². The molecule has 0 radical (unpaired) electrons. The summed E-state index contributed by atoms with van der Waals surface area (Å²) in [7, 11) is 0. The molecule has 1 unspecified atom stereocenters. The fraction of sp³-hybridized carbons (Fsp3) is 1.00. The van der Waals surface area contributed by atoms with Crippen molar-refractivity contribution < 1.29 is 22.0 Å². The van der Waals surface area contributed by atoms with Crippen molar-refractivity contribution in [1.29, 1.82) is 0 Å². The second-order valence-electron chi connectivity index (χ2n) is 3.06. The molecule has 0 saturated heterocycles. The van der Waals surface area contributed by atoms with E-state index < -0.39 is 24.7 Å². The van der Waals surface area contributed by atoms with E-state index in [0.717, 1.165) is 0 Å². The van der Waals surface area contributed by atoms with Crippen LogP contribution in [0.3, 0.4) is 0 Å². The smallest absolute Gasteiger partial charge is 0.330 e. The van der Waals surface area contributed by atoms with Gasteiger partial charge in [0.2, 0.25) is 0 Å². The van der Waals surface area contributed by atoms with Crippen molar-refractivity contribution >= 4 is 0 Å². The predicted molar refractivity (Wildman–Crippen MR) is 42.1 cm³/mol. The summed E-state index contributed by atoms with van der Waals surface area (Å²) < 4.78 is 59.6. The minimum absolute atomic E-state index is 0.242. The Morgan fingerprint density at radius 2 is 1.71 bits per heavy atom. The Balaban J connectivity index is 3.99. The number of nitrogens with one attached hydrogen (secondary N) is 1. The Morgan fingerprint density at radius 1 is 1.21 bits per heavy atom. The van der Waals surface area contributed by atoms with Gasteiger partial charge in [-0.1, -0.05) is 0 Å². The molecule has 0 aliphatic rings. The molecule has 7 heteroatoms. The molecule has 0 heterocycles. The first-order valence-corrected chi connectivity index (χ1v) is 4.08. The highest BCUT2D eigenvalue weighted by Gasteiger charge is 2.56. The Bertz CT molecular complexity index is 168. The van der Waals surface area contributed by atoms with E-state index in [1.54, 1.807) is 0 Å². The van der Waals surface area contributed by atoms with Crippen LogP contribution in [0.25, 0.3) is 0 Å². The van der Waals surface area contributed by atoms with Crippen LogP contribution in [0, 0.1) is 0 Å². The van der Waals surface area contributed by atoms with Crippen LogP contribution in [0.15, 0.2) is 0 Å². The minimum atomic E-state index is -5.50. The van der Waals surface area contributed by atoms with Gasteiger partial charge in [0.1, 0.15) is 0 Å². The number of hydrogen-bond acceptors (Lipinski definition) is 2. The van der Waals surface area contributed by atoms with Crippen LogP contribution in [0.4, 0.5) is 22.0 Å². The summed E-state index contributed by atoms with van der Waals surface area (Å²) in [5, 5.41) is 2.08. The largest absolute Gasteiger partial charge is 0.454 e. The van der Waals surface area contributed by atoms with Gasteiger partial charge in [0, 0.05) is 6.04 Å². The summed E-state index contributed by atoms with van der Waals surface area (Å²) in [5.41, 5.74) is 5.10. The molecule has 0 saturated carbocycles. The van der Waals surface area contributed by atoms with E-state index in [1.807, 2.05) is 0 Å². The Hall–Kier alpha value is -0.430. The van der Waals surface area contributed by atoms with Gasteiger partial charge in [-0.25, -0.2) is 0 Å². The zero-order chi connectivity index (χ0) is 11.4. The monoisotopic (exact) mass is 220 g/mol. The molecule has 0 rings (SSSR count). The van der Waals surface area contributed by atoms with Crippen molar-refractivity contribution in [3.63, 3.8) is 0 Å². The maximum Gasteiger partial charge on any atom is 0.454 e. The lowest BCUT2D eigenvalue weighted by Crippen LogP contribution is -2.47. The third kappa shape index (κ3) is 4.19. The van der Waals surface area contributed by atoms with Crippen LogP contribution in [-0.2, 0) is 0 Å². The molecule has 0 aromatic rings. The molecular weight excluding hydrogens is 207 g/mol. The molecule has 0 aliphatic heterocycles. The second-order valence-corrected chi connectivity index (χ2v) is 3.06. The van der Waals surface area contributed by atoms with Gasteiger partial charge in [0.25, 0.3) is 0 Å². The third-order valence-electron chi connectivity index (χ3n) is 1.69. The van der Waals surface area contributed by atoms with Crippen LogP contribution in [0.1, 0.15) is 13.3 Å². The van der Waals surface area contributed by atoms with Crippen LogP contribution >= 0.6 is 0 Å². The van der Waals surface area contributed by atoms with E-state index in [4.69, 9.17) is 5.73 Å². The molecule has 0 aromatic heterocycles. The standard InChI is InChI=1S/C7H13F5N2/c1-5(2-3-13)14-4-6(8,9)7(10,11)12/h5,14H,2-4,13H2,1H3. The SMILES string of the molecule is CC(CCN)NCC(F)(F)C(F)(F)F. The number of alkyl halides is 5. The highest BCUT2D eigenvalue weighted by Crippen LogP contribution is 2.34. The molecule has 86 valence electrons. The average molecular weight is 220 g/mol. The first kappa shape index (κ1) is 13.6. The second kappa shape index (κ2) is 4.88. The van der Waals surface area contributed by atoms with Crippen LogP contribution < -0.4 is 11.1 Å². The molecule has 0 amide bonds. The first-order chi connectivity index (χ1) is 6.20. The van der Waals surface area contributed by atoms with Crippen molar-refractivity contribution in [2.45, 2.75) is 31.5 Å². The van der Waals surface area contributed by atoms with E-state index >= 15 is 0 Å². The van der Waals surface area contributed by atoms with E-state index in [1.165, 1.54) is 6.92 Å². The molecule has 2 nitrogen and oxygen atoms in total. The first-order valence-electron chi connectivity index (χ1n) is 4.08. The number of hydrogen-bond donors (Lipinski definition) is 2. The summed E-state index contributed by atoms with van der Waals surface area (Å²) in [6, 6.07) is -0.451. The molecule has 14 heavy (non-hydrogen) atoms. The average Bonchev–Trinajstić information content (AvgIpc) is 1.99. The Morgan fingerprint density at radius 3 is 2.07 bits per heavy atom. The summed E-state index contributed by atoms with van der Waals surface area (Å²) in [6.07, 6.45) is -5.14. The fourth-order valence-corrected chi connectivity index (χ4v) is 0.755.